The summed E-state index contributed by atoms with van der Waals surface area (Å²) in [5, 5.41) is 20.5. The zero-order valence-corrected chi connectivity index (χ0v) is 73.1. The molecule has 14 aliphatic heterocycles. The molecule has 0 spiro atoms. The third-order valence-electron chi connectivity index (χ3n) is 23.6. The fraction of sp³-hybridized carbons (Fsp3) is 0.442. The molecule has 6 N–H and O–H groups in total. The Morgan fingerprint density at radius 1 is 0.397 bits per heavy atom. The summed E-state index contributed by atoms with van der Waals surface area (Å²) < 4.78 is 43.7. The lowest BCUT2D eigenvalue weighted by molar-refractivity contribution is -0.150. The molecule has 40 heteroatoms. The van der Waals surface area contributed by atoms with Gasteiger partial charge in [-0.1, -0.05) is 45.3 Å². The Labute approximate surface area is 736 Å². The van der Waals surface area contributed by atoms with Gasteiger partial charge in [0.05, 0.1) is 84.8 Å². The minimum atomic E-state index is -0.761. The number of benzene rings is 4. The number of hydrogen-bond donors (Lipinski definition) is 6. The molecule has 126 heavy (non-hydrogen) atoms. The standard InChI is InChI=1S/2C22H22N4O5S.2C21H22N4O5S/c2*1-22(2)9-13-17(18(27)24-22)32-21(23-13)25-5-6-30-16-4-3-11(7-14(16)25)19(28)26-10-12-8-15(26)20(29)31-12;2*1-21(2)10-12-17(19(28)24-21)31-20(23-12)25-7-8-29-14-4-3-11(9-13(14)25)22-18(27)15-5-6-16(26)30-15/h2*3-4,7,12,15H,5-6,8-10H2,1-2H3,(H,24,27);2*3-4,9,15H,5-8,10H2,1-2H3,(H,22,27)(H,24,28)/t2*12-,15-;;/m10../s1. The SMILES string of the molecule is CC1(C)Cc2nc(N3CCOc4ccc(C(=O)N5C[C@@H]6C[C@H]5C(=O)O6)cc43)sc2C(=O)N1.CC1(C)Cc2nc(N3CCOc4ccc(C(=O)N5C[C@H]6C[C@@H]5C(=O)O6)cc43)sc2C(=O)N1.CC1(C)Cc2nc(N3CCOc4ccc(NC(=O)C5CCC(=O)O5)cc43)sc2C(=O)N1.CC1(C)Cc2nc(N3CCOc4ccc(NC(=O)C5CCC(=O)O5)cc43)sc2C(=O)N1. The lowest BCUT2D eigenvalue weighted by atomic mass is 9.94. The molecule has 656 valence electrons. The van der Waals surface area contributed by atoms with Crippen LogP contribution >= 0.6 is 45.3 Å². The highest BCUT2D eigenvalue weighted by atomic mass is 32.1. The number of carbonyl (C=O) groups excluding carboxylic acids is 12. The molecular formula is C86H88N16O20S4. The van der Waals surface area contributed by atoms with Gasteiger partial charge in [0.2, 0.25) is 0 Å². The van der Waals surface area contributed by atoms with Crippen LogP contribution in [-0.4, -0.2) is 225 Å². The number of amides is 8. The van der Waals surface area contributed by atoms with Gasteiger partial charge in [-0.2, -0.15) is 0 Å². The first-order valence-corrected chi connectivity index (χ1v) is 44.9. The van der Waals surface area contributed by atoms with Crippen LogP contribution in [0, 0.1) is 0 Å². The van der Waals surface area contributed by atoms with Gasteiger partial charge in [0.1, 0.15) is 93.2 Å². The highest BCUT2D eigenvalue weighted by Crippen LogP contribution is 2.48. The predicted molar refractivity (Wildman–Crippen MR) is 459 cm³/mol. The van der Waals surface area contributed by atoms with Crippen molar-refractivity contribution in [2.75, 3.05) is 95.9 Å². The third kappa shape index (κ3) is 16.2. The van der Waals surface area contributed by atoms with Crippen molar-refractivity contribution in [3.05, 3.63) is 126 Å². The second-order valence-corrected chi connectivity index (χ2v) is 39.3. The van der Waals surface area contributed by atoms with Gasteiger partial charge in [-0.25, -0.2) is 29.5 Å². The summed E-state index contributed by atoms with van der Waals surface area (Å²) in [5.41, 5.74) is 6.96. The minimum Gasteiger partial charge on any atom is -0.490 e. The van der Waals surface area contributed by atoms with E-state index in [1.165, 1.54) is 45.3 Å². The van der Waals surface area contributed by atoms with E-state index in [0.29, 0.717) is 192 Å². The molecule has 6 saturated heterocycles. The predicted octanol–water partition coefficient (Wildman–Crippen LogP) is 8.52. The number of aromatic nitrogens is 4. The average molecular weight is 1790 g/mol. The van der Waals surface area contributed by atoms with Crippen LogP contribution < -0.4 is 70.4 Å². The van der Waals surface area contributed by atoms with Crippen LogP contribution in [-0.2, 0) is 73.4 Å². The smallest absolute Gasteiger partial charge is 0.329 e. The van der Waals surface area contributed by atoms with E-state index in [0.717, 1.165) is 55.8 Å². The Bertz CT molecular complexity index is 5600. The van der Waals surface area contributed by atoms with E-state index in [-0.39, 0.29) is 118 Å². The maximum atomic E-state index is 13.2. The molecule has 36 nitrogen and oxygen atoms in total. The Hall–Kier alpha value is -12.6. The number of esters is 4. The number of hydrogen-bond acceptors (Lipinski definition) is 32. The van der Waals surface area contributed by atoms with Crippen molar-refractivity contribution in [1.82, 2.24) is 51.0 Å². The lowest BCUT2D eigenvalue weighted by Crippen LogP contribution is -2.48. The molecule has 8 aromatic rings. The molecule has 4 bridgehead atoms. The molecule has 14 aliphatic rings. The summed E-state index contributed by atoms with van der Waals surface area (Å²) in [6.45, 7) is 20.9. The Kier molecular flexibility index (Phi) is 21.0. The van der Waals surface area contributed by atoms with E-state index in [9.17, 15) is 57.5 Å². The van der Waals surface area contributed by atoms with E-state index >= 15 is 0 Å². The quantitative estimate of drug-likeness (QED) is 0.0551. The molecule has 0 aliphatic carbocycles. The van der Waals surface area contributed by atoms with Gasteiger partial charge >= 0.3 is 23.9 Å². The number of carbonyl (C=O) groups is 12. The van der Waals surface area contributed by atoms with Crippen LogP contribution in [0.15, 0.2) is 72.8 Å². The number of rotatable bonds is 10. The van der Waals surface area contributed by atoms with Crippen LogP contribution in [0.3, 0.4) is 0 Å². The average Bonchev–Trinajstić information content (AvgIpc) is 1.60. The van der Waals surface area contributed by atoms with Crippen LogP contribution in [0.4, 0.5) is 54.7 Å². The Morgan fingerprint density at radius 3 is 0.968 bits per heavy atom. The second kappa shape index (κ2) is 31.8. The highest BCUT2D eigenvalue weighted by Gasteiger charge is 2.51. The van der Waals surface area contributed by atoms with Crippen LogP contribution in [0.25, 0.3) is 0 Å². The van der Waals surface area contributed by atoms with Crippen molar-refractivity contribution < 1.29 is 95.4 Å². The normalized spacial score (nSPS) is 23.3. The van der Waals surface area contributed by atoms with Crippen LogP contribution in [0.2, 0.25) is 0 Å². The summed E-state index contributed by atoms with van der Waals surface area (Å²) in [5.74, 6) is -0.188. The fourth-order valence-electron chi connectivity index (χ4n) is 17.7. The summed E-state index contributed by atoms with van der Waals surface area (Å²) in [7, 11) is 0. The summed E-state index contributed by atoms with van der Waals surface area (Å²) >= 11 is 5.42. The van der Waals surface area contributed by atoms with Gasteiger partial charge in [0.15, 0.2) is 32.7 Å². The van der Waals surface area contributed by atoms with E-state index in [1.54, 1.807) is 70.5 Å². The van der Waals surface area contributed by atoms with Crippen molar-refractivity contribution in [3.8, 4) is 23.0 Å². The number of nitrogens with zero attached hydrogens (tertiary/aromatic N) is 10. The molecule has 18 heterocycles. The number of likely N-dealkylation sites (tertiary alicyclic amines) is 2. The maximum Gasteiger partial charge on any atom is 0.329 e. The number of anilines is 10. The van der Waals surface area contributed by atoms with Gasteiger partial charge in [-0.3, -0.25) is 47.9 Å². The van der Waals surface area contributed by atoms with E-state index in [4.69, 9.17) is 57.8 Å². The van der Waals surface area contributed by atoms with E-state index in [2.05, 4.69) is 31.9 Å². The first kappa shape index (κ1) is 83.0. The van der Waals surface area contributed by atoms with Crippen molar-refractivity contribution in [3.63, 3.8) is 0 Å². The minimum absolute atomic E-state index is 0.101. The number of nitrogens with one attached hydrogen (secondary N) is 6. The summed E-state index contributed by atoms with van der Waals surface area (Å²) in [4.78, 5) is 181. The molecule has 0 saturated carbocycles. The molecular weight excluding hydrogens is 1710 g/mol. The number of fused-ring (bicyclic) bond motifs is 12. The van der Waals surface area contributed by atoms with E-state index < -0.39 is 24.3 Å². The first-order chi connectivity index (χ1) is 60.2. The molecule has 4 aromatic carbocycles. The molecule has 2 unspecified atom stereocenters. The molecule has 8 amide bonds. The Balaban J connectivity index is 0.000000110. The van der Waals surface area contributed by atoms with Crippen molar-refractivity contribution >= 4 is 171 Å². The van der Waals surface area contributed by atoms with E-state index in [1.807, 2.05) is 87.1 Å². The number of ether oxygens (including phenoxy) is 8. The second-order valence-electron chi connectivity index (χ2n) is 35.4. The monoisotopic (exact) mass is 1790 g/mol. The molecule has 22 rings (SSSR count). The summed E-state index contributed by atoms with van der Waals surface area (Å²) in [6, 6.07) is 20.3. The number of morpholine rings is 2. The summed E-state index contributed by atoms with van der Waals surface area (Å²) in [6.07, 6.45) is 3.12. The van der Waals surface area contributed by atoms with Gasteiger partial charge in [0.25, 0.3) is 47.3 Å². The Morgan fingerprint density at radius 2 is 0.690 bits per heavy atom. The zero-order chi connectivity index (χ0) is 87.9. The van der Waals surface area contributed by atoms with Crippen molar-refractivity contribution in [2.45, 2.75) is 178 Å². The first-order valence-electron chi connectivity index (χ1n) is 41.7. The third-order valence-corrected chi connectivity index (χ3v) is 28.0. The number of thiazole rings is 4. The lowest BCUT2D eigenvalue weighted by Gasteiger charge is -2.30. The largest absolute Gasteiger partial charge is 0.490 e. The fourth-order valence-corrected chi connectivity index (χ4v) is 21.8. The molecule has 6 fully saturated rings. The number of cyclic esters (lactones) is 2. The molecule has 6 atom stereocenters. The maximum absolute atomic E-state index is 13.2. The molecule has 0 radical (unpaired) electrons. The molecule has 4 aromatic heterocycles. The van der Waals surface area contributed by atoms with Crippen LogP contribution in [0.5, 0.6) is 23.0 Å². The van der Waals surface area contributed by atoms with Gasteiger partial charge < -0.3 is 99.2 Å². The highest BCUT2D eigenvalue weighted by molar-refractivity contribution is 7.19. The van der Waals surface area contributed by atoms with Gasteiger partial charge in [-0.15, -0.1) is 0 Å². The van der Waals surface area contributed by atoms with Crippen molar-refractivity contribution in [1.29, 1.82) is 0 Å². The zero-order valence-electron chi connectivity index (χ0n) is 69.8. The van der Waals surface area contributed by atoms with Gasteiger partial charge in [-0.05, 0) is 128 Å². The topological polar surface area (TPSA) is 422 Å². The van der Waals surface area contributed by atoms with Crippen LogP contribution in [0.1, 0.15) is 176 Å². The van der Waals surface area contributed by atoms with Gasteiger partial charge in [0, 0.05) is 109 Å². The van der Waals surface area contributed by atoms with Crippen molar-refractivity contribution in [2.24, 2.45) is 0 Å².